The molecule has 206 valence electrons. The molecule has 0 fully saturated rings. The zero-order valence-corrected chi connectivity index (χ0v) is 24.2. The first kappa shape index (κ1) is 27.4. The molecule has 3 aromatic carbocycles. The van der Waals surface area contributed by atoms with Gasteiger partial charge in [0.1, 0.15) is 5.76 Å². The van der Waals surface area contributed by atoms with E-state index in [0.717, 1.165) is 17.9 Å². The minimum Gasteiger partial charge on any atom is -0.459 e. The van der Waals surface area contributed by atoms with Crippen molar-refractivity contribution in [1.82, 2.24) is 0 Å². The molecule has 0 saturated heterocycles. The van der Waals surface area contributed by atoms with Crippen LogP contribution in [-0.4, -0.2) is 11.6 Å². The SMILES string of the molecule is CC1CC(Oc2cc(Nc3ccccc3)c3c(c2N)C(=O)c2ccccc2C3=O)=CC=C1C(C)(C)CC(C)(C)C. The Labute approximate surface area is 237 Å². The summed E-state index contributed by atoms with van der Waals surface area (Å²) < 4.78 is 6.42. The van der Waals surface area contributed by atoms with Crippen molar-refractivity contribution in [3.05, 3.63) is 106 Å². The maximum atomic E-state index is 13.7. The average molecular weight is 535 g/mol. The van der Waals surface area contributed by atoms with Crippen LogP contribution in [0, 0.1) is 16.7 Å². The number of carbonyl (C=O) groups is 2. The largest absolute Gasteiger partial charge is 0.459 e. The number of ketones is 2. The zero-order chi connectivity index (χ0) is 28.8. The van der Waals surface area contributed by atoms with Crippen LogP contribution < -0.4 is 15.8 Å². The molecular weight excluding hydrogens is 496 g/mol. The van der Waals surface area contributed by atoms with Gasteiger partial charge in [-0.05, 0) is 41.4 Å². The van der Waals surface area contributed by atoms with E-state index >= 15 is 0 Å². The number of benzene rings is 3. The minimum atomic E-state index is -0.277. The molecule has 2 aliphatic rings. The van der Waals surface area contributed by atoms with Gasteiger partial charge in [0.15, 0.2) is 17.3 Å². The Morgan fingerprint density at radius 1 is 0.875 bits per heavy atom. The summed E-state index contributed by atoms with van der Waals surface area (Å²) in [4.78, 5) is 27.4. The van der Waals surface area contributed by atoms with E-state index in [4.69, 9.17) is 10.5 Å². The smallest absolute Gasteiger partial charge is 0.196 e. The van der Waals surface area contributed by atoms with Gasteiger partial charge in [-0.2, -0.15) is 0 Å². The second kappa shape index (κ2) is 10.1. The quantitative estimate of drug-likeness (QED) is 0.242. The van der Waals surface area contributed by atoms with E-state index in [2.05, 4.69) is 52.9 Å². The Bertz CT molecular complexity index is 1560. The Balaban J connectivity index is 1.57. The molecule has 1 unspecified atom stereocenters. The predicted molar refractivity (Wildman–Crippen MR) is 162 cm³/mol. The van der Waals surface area contributed by atoms with E-state index in [1.165, 1.54) is 5.57 Å². The molecule has 0 amide bonds. The fraction of sp³-hybridized carbons (Fsp3) is 0.314. The second-order valence-electron chi connectivity index (χ2n) is 12.9. The number of nitrogens with one attached hydrogen (secondary N) is 1. The van der Waals surface area contributed by atoms with Gasteiger partial charge in [0, 0.05) is 29.3 Å². The third-order valence-electron chi connectivity index (χ3n) is 7.73. The summed E-state index contributed by atoms with van der Waals surface area (Å²) in [6.45, 7) is 13.7. The lowest BCUT2D eigenvalue weighted by Gasteiger charge is -2.38. The van der Waals surface area contributed by atoms with Crippen molar-refractivity contribution < 1.29 is 14.3 Å². The topological polar surface area (TPSA) is 81.4 Å². The van der Waals surface area contributed by atoms with Crippen LogP contribution in [0.3, 0.4) is 0 Å². The normalized spacial score (nSPS) is 17.0. The van der Waals surface area contributed by atoms with Gasteiger partial charge in [0.05, 0.1) is 22.5 Å². The number of para-hydroxylation sites is 1. The highest BCUT2D eigenvalue weighted by Gasteiger charge is 2.36. The van der Waals surface area contributed by atoms with Crippen molar-refractivity contribution in [3.8, 4) is 5.75 Å². The Hall–Kier alpha value is -4.12. The fourth-order valence-corrected chi connectivity index (χ4v) is 6.52. The lowest BCUT2D eigenvalue weighted by Crippen LogP contribution is -2.27. The molecule has 0 spiro atoms. The average Bonchev–Trinajstić information content (AvgIpc) is 2.88. The Kier molecular flexibility index (Phi) is 6.95. The standard InChI is InChI=1S/C35H38N2O3/c1-21-18-23(16-17-26(21)35(5,6)20-34(2,3)4)40-28-19-27(37-22-12-8-7-9-13-22)29-30(31(28)36)33(39)25-15-11-10-14-24(25)32(29)38/h7-17,19,21,37H,18,20,36H2,1-6H3. The molecule has 0 saturated carbocycles. The van der Waals surface area contributed by atoms with Crippen molar-refractivity contribution >= 4 is 28.6 Å². The van der Waals surface area contributed by atoms with Crippen molar-refractivity contribution in [1.29, 1.82) is 0 Å². The molecule has 0 heterocycles. The molecule has 40 heavy (non-hydrogen) atoms. The van der Waals surface area contributed by atoms with Gasteiger partial charge in [0.25, 0.3) is 0 Å². The van der Waals surface area contributed by atoms with Crippen LogP contribution in [0.5, 0.6) is 5.75 Å². The molecule has 2 aliphatic carbocycles. The van der Waals surface area contributed by atoms with E-state index in [1.807, 2.05) is 36.4 Å². The third kappa shape index (κ3) is 5.21. The van der Waals surface area contributed by atoms with Crippen molar-refractivity contribution in [3.63, 3.8) is 0 Å². The first-order valence-corrected chi connectivity index (χ1v) is 13.9. The maximum Gasteiger partial charge on any atom is 0.196 e. The summed E-state index contributed by atoms with van der Waals surface area (Å²) >= 11 is 0. The molecule has 0 aromatic heterocycles. The Morgan fingerprint density at radius 3 is 2.08 bits per heavy atom. The van der Waals surface area contributed by atoms with Crippen molar-refractivity contribution in [2.24, 2.45) is 16.7 Å². The molecule has 5 rings (SSSR count). The number of anilines is 3. The molecule has 0 radical (unpaired) electrons. The number of allylic oxidation sites excluding steroid dienone is 4. The minimum absolute atomic E-state index is 0.0531. The van der Waals surface area contributed by atoms with Crippen LogP contribution in [0.1, 0.15) is 86.2 Å². The number of nitrogen functional groups attached to an aromatic ring is 1. The van der Waals surface area contributed by atoms with Gasteiger partial charge in [-0.15, -0.1) is 0 Å². The van der Waals surface area contributed by atoms with Crippen LogP contribution in [0.25, 0.3) is 0 Å². The lowest BCUT2D eigenvalue weighted by molar-refractivity contribution is 0.0980. The molecule has 0 aliphatic heterocycles. The van der Waals surface area contributed by atoms with Crippen molar-refractivity contribution in [2.75, 3.05) is 11.1 Å². The predicted octanol–water partition coefficient (Wildman–Crippen LogP) is 8.48. The molecule has 5 heteroatoms. The first-order valence-electron chi connectivity index (χ1n) is 13.9. The highest BCUT2D eigenvalue weighted by molar-refractivity contribution is 6.32. The highest BCUT2D eigenvalue weighted by atomic mass is 16.5. The summed E-state index contributed by atoms with van der Waals surface area (Å²) in [5.41, 5.74) is 10.9. The monoisotopic (exact) mass is 534 g/mol. The number of ether oxygens (including phenoxy) is 1. The number of nitrogens with two attached hydrogens (primary N) is 1. The number of hydrogen-bond donors (Lipinski definition) is 2. The van der Waals surface area contributed by atoms with Crippen LogP contribution in [0.4, 0.5) is 17.1 Å². The fourth-order valence-electron chi connectivity index (χ4n) is 6.52. The second-order valence-corrected chi connectivity index (χ2v) is 12.9. The summed E-state index contributed by atoms with van der Waals surface area (Å²) in [5, 5.41) is 3.34. The van der Waals surface area contributed by atoms with Gasteiger partial charge in [0.2, 0.25) is 0 Å². The zero-order valence-electron chi connectivity index (χ0n) is 24.2. The highest BCUT2D eigenvalue weighted by Crippen LogP contribution is 2.46. The molecule has 5 nitrogen and oxygen atoms in total. The van der Waals surface area contributed by atoms with Gasteiger partial charge < -0.3 is 15.8 Å². The summed E-state index contributed by atoms with van der Waals surface area (Å²) in [5.74, 6) is 0.910. The lowest BCUT2D eigenvalue weighted by atomic mass is 9.67. The summed E-state index contributed by atoms with van der Waals surface area (Å²) in [7, 11) is 0. The molecule has 1 atom stereocenters. The van der Waals surface area contributed by atoms with Crippen LogP contribution in [-0.2, 0) is 0 Å². The number of hydrogen-bond acceptors (Lipinski definition) is 5. The Morgan fingerprint density at radius 2 is 1.48 bits per heavy atom. The van der Waals surface area contributed by atoms with Gasteiger partial charge in [-0.3, -0.25) is 9.59 Å². The summed E-state index contributed by atoms with van der Waals surface area (Å²) in [6, 6.07) is 18.2. The van der Waals surface area contributed by atoms with Gasteiger partial charge >= 0.3 is 0 Å². The van der Waals surface area contributed by atoms with Crippen molar-refractivity contribution in [2.45, 2.75) is 54.4 Å². The van der Waals surface area contributed by atoms with E-state index in [-0.39, 0.29) is 45.1 Å². The van der Waals surface area contributed by atoms with Gasteiger partial charge in [-0.1, -0.05) is 95.7 Å². The van der Waals surface area contributed by atoms with E-state index < -0.39 is 0 Å². The van der Waals surface area contributed by atoms with E-state index in [1.54, 1.807) is 30.3 Å². The van der Waals surface area contributed by atoms with Crippen LogP contribution in [0.15, 0.2) is 84.1 Å². The molecular formula is C35H38N2O3. The number of rotatable bonds is 6. The molecule has 0 bridgehead atoms. The maximum absolute atomic E-state index is 13.7. The molecule has 3 N–H and O–H groups in total. The molecule has 3 aromatic rings. The van der Waals surface area contributed by atoms with Crippen LogP contribution in [0.2, 0.25) is 0 Å². The third-order valence-corrected chi connectivity index (χ3v) is 7.73. The van der Waals surface area contributed by atoms with E-state index in [9.17, 15) is 9.59 Å². The van der Waals surface area contributed by atoms with E-state index in [0.29, 0.717) is 29.0 Å². The first-order chi connectivity index (χ1) is 18.9. The summed E-state index contributed by atoms with van der Waals surface area (Å²) in [6.07, 6.45) is 5.99. The van der Waals surface area contributed by atoms with Crippen LogP contribution >= 0.6 is 0 Å². The number of fused-ring (bicyclic) bond motifs is 2. The number of carbonyl (C=O) groups excluding carboxylic acids is 2. The van der Waals surface area contributed by atoms with Gasteiger partial charge in [-0.25, -0.2) is 0 Å².